The number of rotatable bonds is 3. The standard InChI is InChI=1S/C12H14ClNO4/c1-16-12(15)9(14)5-7-4-8(13)11-10(6-7)17-2-3-18-11/h4,6,9H,2-3,5,14H2,1H3. The zero-order valence-electron chi connectivity index (χ0n) is 9.94. The molecule has 0 bridgehead atoms. The summed E-state index contributed by atoms with van der Waals surface area (Å²) in [7, 11) is 1.30. The smallest absolute Gasteiger partial charge is 0.322 e. The Kier molecular flexibility index (Phi) is 3.93. The van der Waals surface area contributed by atoms with Gasteiger partial charge in [-0.05, 0) is 24.1 Å². The first-order chi connectivity index (χ1) is 8.61. The average molecular weight is 272 g/mol. The van der Waals surface area contributed by atoms with Crippen LogP contribution in [0.1, 0.15) is 5.56 Å². The van der Waals surface area contributed by atoms with E-state index in [1.54, 1.807) is 12.1 Å². The topological polar surface area (TPSA) is 70.8 Å². The Hall–Kier alpha value is -1.46. The maximum Gasteiger partial charge on any atom is 0.322 e. The summed E-state index contributed by atoms with van der Waals surface area (Å²) in [5.41, 5.74) is 6.50. The molecule has 0 saturated heterocycles. The Balaban J connectivity index is 2.19. The van der Waals surface area contributed by atoms with Gasteiger partial charge in [0.05, 0.1) is 12.1 Å². The molecule has 1 aliphatic heterocycles. The minimum atomic E-state index is -0.714. The Morgan fingerprint density at radius 3 is 2.94 bits per heavy atom. The number of esters is 1. The average Bonchev–Trinajstić information content (AvgIpc) is 2.37. The number of fused-ring (bicyclic) bond motifs is 1. The first-order valence-electron chi connectivity index (χ1n) is 5.53. The van der Waals surface area contributed by atoms with E-state index in [4.69, 9.17) is 26.8 Å². The van der Waals surface area contributed by atoms with Crippen molar-refractivity contribution in [3.05, 3.63) is 22.7 Å². The monoisotopic (exact) mass is 271 g/mol. The molecule has 0 fully saturated rings. The van der Waals surface area contributed by atoms with Gasteiger partial charge in [-0.2, -0.15) is 0 Å². The van der Waals surface area contributed by atoms with Crippen LogP contribution in [0, 0.1) is 0 Å². The van der Waals surface area contributed by atoms with Crippen LogP contribution in [-0.4, -0.2) is 32.3 Å². The summed E-state index contributed by atoms with van der Waals surface area (Å²) >= 11 is 6.08. The molecule has 0 saturated carbocycles. The summed E-state index contributed by atoms with van der Waals surface area (Å²) in [6, 6.07) is 2.79. The fourth-order valence-corrected chi connectivity index (χ4v) is 2.06. The Morgan fingerprint density at radius 1 is 1.50 bits per heavy atom. The van der Waals surface area contributed by atoms with Crippen molar-refractivity contribution in [1.82, 2.24) is 0 Å². The molecule has 2 rings (SSSR count). The largest absolute Gasteiger partial charge is 0.486 e. The molecule has 0 radical (unpaired) electrons. The maximum absolute atomic E-state index is 11.3. The van der Waals surface area contributed by atoms with Crippen LogP contribution in [0.2, 0.25) is 5.02 Å². The van der Waals surface area contributed by atoms with Crippen LogP contribution in [0.4, 0.5) is 0 Å². The highest BCUT2D eigenvalue weighted by Crippen LogP contribution is 2.38. The number of ether oxygens (including phenoxy) is 3. The highest BCUT2D eigenvalue weighted by molar-refractivity contribution is 6.32. The van der Waals surface area contributed by atoms with Gasteiger partial charge < -0.3 is 19.9 Å². The number of nitrogens with two attached hydrogens (primary N) is 1. The van der Waals surface area contributed by atoms with E-state index in [0.29, 0.717) is 36.2 Å². The Labute approximate surface area is 110 Å². The Morgan fingerprint density at radius 2 is 2.22 bits per heavy atom. The summed E-state index contributed by atoms with van der Waals surface area (Å²) in [6.07, 6.45) is 0.336. The number of benzene rings is 1. The Bertz CT molecular complexity index is 464. The third kappa shape index (κ3) is 2.68. The van der Waals surface area contributed by atoms with E-state index >= 15 is 0 Å². The van der Waals surface area contributed by atoms with Gasteiger partial charge in [-0.25, -0.2) is 0 Å². The van der Waals surface area contributed by atoms with E-state index in [0.717, 1.165) is 5.56 Å². The third-order valence-electron chi connectivity index (χ3n) is 2.62. The van der Waals surface area contributed by atoms with Crippen molar-refractivity contribution in [3.63, 3.8) is 0 Å². The van der Waals surface area contributed by atoms with E-state index in [9.17, 15) is 4.79 Å². The molecular formula is C12H14ClNO4. The first kappa shape index (κ1) is 13.0. The lowest BCUT2D eigenvalue weighted by Gasteiger charge is -2.20. The van der Waals surface area contributed by atoms with Crippen LogP contribution in [0.5, 0.6) is 11.5 Å². The van der Waals surface area contributed by atoms with Crippen LogP contribution in [0.15, 0.2) is 12.1 Å². The highest BCUT2D eigenvalue weighted by atomic mass is 35.5. The van der Waals surface area contributed by atoms with Gasteiger partial charge in [-0.1, -0.05) is 11.6 Å². The molecule has 18 heavy (non-hydrogen) atoms. The quantitative estimate of drug-likeness (QED) is 0.835. The molecule has 0 spiro atoms. The predicted molar refractivity (Wildman–Crippen MR) is 66.1 cm³/mol. The summed E-state index contributed by atoms with van der Waals surface area (Å²) in [6.45, 7) is 0.962. The number of methoxy groups -OCH3 is 1. The normalized spacial score (nSPS) is 15.1. The SMILES string of the molecule is COC(=O)C(N)Cc1cc(Cl)c2c(c1)OCCO2. The van der Waals surface area contributed by atoms with Crippen LogP contribution >= 0.6 is 11.6 Å². The molecule has 6 heteroatoms. The molecule has 5 nitrogen and oxygen atoms in total. The van der Waals surface area contributed by atoms with Crippen molar-refractivity contribution in [2.24, 2.45) is 5.73 Å². The van der Waals surface area contributed by atoms with Crippen LogP contribution < -0.4 is 15.2 Å². The van der Waals surface area contributed by atoms with Gasteiger partial charge in [0.1, 0.15) is 19.3 Å². The third-order valence-corrected chi connectivity index (χ3v) is 2.90. The second-order valence-electron chi connectivity index (χ2n) is 3.94. The van der Waals surface area contributed by atoms with Crippen molar-refractivity contribution in [2.45, 2.75) is 12.5 Å². The molecule has 1 aliphatic rings. The van der Waals surface area contributed by atoms with Crippen molar-refractivity contribution >= 4 is 17.6 Å². The van der Waals surface area contributed by atoms with Gasteiger partial charge >= 0.3 is 5.97 Å². The minimum absolute atomic E-state index is 0.336. The van der Waals surface area contributed by atoms with Crippen molar-refractivity contribution < 1.29 is 19.0 Å². The molecule has 1 heterocycles. The second-order valence-corrected chi connectivity index (χ2v) is 4.34. The molecule has 0 amide bonds. The van der Waals surface area contributed by atoms with Crippen molar-refractivity contribution in [2.75, 3.05) is 20.3 Å². The lowest BCUT2D eigenvalue weighted by Crippen LogP contribution is -2.33. The number of halogens is 1. The van der Waals surface area contributed by atoms with Gasteiger partial charge in [0.25, 0.3) is 0 Å². The van der Waals surface area contributed by atoms with Gasteiger partial charge in [0.15, 0.2) is 11.5 Å². The number of carbonyl (C=O) groups excluding carboxylic acids is 1. The molecule has 0 aromatic heterocycles. The maximum atomic E-state index is 11.3. The zero-order valence-corrected chi connectivity index (χ0v) is 10.7. The van der Waals surface area contributed by atoms with E-state index in [1.807, 2.05) is 0 Å². The number of hydrogen-bond donors (Lipinski definition) is 1. The molecule has 1 atom stereocenters. The summed E-state index contributed by atoms with van der Waals surface area (Å²) in [5.74, 6) is 0.667. The van der Waals surface area contributed by atoms with Crippen LogP contribution in [0.25, 0.3) is 0 Å². The number of hydrogen-bond acceptors (Lipinski definition) is 5. The van der Waals surface area contributed by atoms with Gasteiger partial charge in [0, 0.05) is 0 Å². The van der Waals surface area contributed by atoms with Crippen molar-refractivity contribution in [3.8, 4) is 11.5 Å². The molecule has 1 unspecified atom stereocenters. The van der Waals surface area contributed by atoms with Gasteiger partial charge in [-0.15, -0.1) is 0 Å². The lowest BCUT2D eigenvalue weighted by atomic mass is 10.1. The summed E-state index contributed by atoms with van der Waals surface area (Å²) < 4.78 is 15.4. The fourth-order valence-electron chi connectivity index (χ4n) is 1.77. The summed E-state index contributed by atoms with van der Waals surface area (Å²) in [4.78, 5) is 11.3. The summed E-state index contributed by atoms with van der Waals surface area (Å²) in [5, 5.41) is 0.458. The highest BCUT2D eigenvalue weighted by Gasteiger charge is 2.19. The lowest BCUT2D eigenvalue weighted by molar-refractivity contribution is -0.142. The minimum Gasteiger partial charge on any atom is -0.486 e. The number of carbonyl (C=O) groups is 1. The van der Waals surface area contributed by atoms with E-state index in [2.05, 4.69) is 4.74 Å². The van der Waals surface area contributed by atoms with E-state index < -0.39 is 12.0 Å². The molecule has 98 valence electrons. The van der Waals surface area contributed by atoms with Crippen molar-refractivity contribution in [1.29, 1.82) is 0 Å². The molecule has 0 aliphatic carbocycles. The molecule has 2 N–H and O–H groups in total. The zero-order chi connectivity index (χ0) is 13.1. The van der Waals surface area contributed by atoms with Gasteiger partial charge in [0.2, 0.25) is 0 Å². The second kappa shape index (κ2) is 5.46. The van der Waals surface area contributed by atoms with Crippen LogP contribution in [-0.2, 0) is 16.0 Å². The van der Waals surface area contributed by atoms with Gasteiger partial charge in [-0.3, -0.25) is 4.79 Å². The van der Waals surface area contributed by atoms with Crippen LogP contribution in [0.3, 0.4) is 0 Å². The first-order valence-corrected chi connectivity index (χ1v) is 5.91. The molecule has 1 aromatic carbocycles. The van der Waals surface area contributed by atoms with E-state index in [-0.39, 0.29) is 0 Å². The molecule has 1 aromatic rings. The van der Waals surface area contributed by atoms with E-state index in [1.165, 1.54) is 7.11 Å². The molecular weight excluding hydrogens is 258 g/mol. The predicted octanol–water partition coefficient (Wildman–Crippen LogP) is 1.15. The fraction of sp³-hybridized carbons (Fsp3) is 0.417.